The summed E-state index contributed by atoms with van der Waals surface area (Å²) in [7, 11) is 0. The molecule has 0 spiro atoms. The number of oxime groups is 1. The number of fused-ring (bicyclic) bond motifs is 2. The van der Waals surface area contributed by atoms with Crippen molar-refractivity contribution in [2.45, 2.75) is 27.0 Å². The SMILES string of the molecule is CC(C)=Cc1cccc2c1/C(=N/O)C(=O)N2Cc1cc(F)cc2c1OCOC2. The van der Waals surface area contributed by atoms with E-state index in [0.29, 0.717) is 28.1 Å². The van der Waals surface area contributed by atoms with Gasteiger partial charge in [0, 0.05) is 16.7 Å². The summed E-state index contributed by atoms with van der Waals surface area (Å²) in [5, 5.41) is 12.7. The van der Waals surface area contributed by atoms with Gasteiger partial charge in [0.2, 0.25) is 0 Å². The molecule has 0 fully saturated rings. The van der Waals surface area contributed by atoms with Crippen molar-refractivity contribution < 1.29 is 23.9 Å². The lowest BCUT2D eigenvalue weighted by Gasteiger charge is -2.24. The third-order valence-electron chi connectivity index (χ3n) is 4.67. The minimum Gasteiger partial charge on any atom is -0.467 e. The molecule has 1 amide bonds. The van der Waals surface area contributed by atoms with Crippen molar-refractivity contribution in [3.8, 4) is 5.75 Å². The van der Waals surface area contributed by atoms with Crippen LogP contribution in [0.25, 0.3) is 6.08 Å². The van der Waals surface area contributed by atoms with Crippen molar-refractivity contribution in [1.29, 1.82) is 0 Å². The molecule has 0 atom stereocenters. The molecule has 0 unspecified atom stereocenters. The van der Waals surface area contributed by atoms with Crippen molar-refractivity contribution in [2.75, 3.05) is 11.7 Å². The molecule has 2 aliphatic heterocycles. The van der Waals surface area contributed by atoms with Gasteiger partial charge in [-0.1, -0.05) is 28.9 Å². The van der Waals surface area contributed by atoms with E-state index in [1.165, 1.54) is 17.0 Å². The Morgan fingerprint density at radius 3 is 2.93 bits per heavy atom. The summed E-state index contributed by atoms with van der Waals surface area (Å²) in [4.78, 5) is 14.4. The Morgan fingerprint density at radius 2 is 2.18 bits per heavy atom. The normalized spacial score (nSPS) is 16.6. The molecule has 0 saturated heterocycles. The number of ether oxygens (including phenoxy) is 2. The number of allylic oxidation sites excluding steroid dienone is 1. The van der Waals surface area contributed by atoms with E-state index in [1.807, 2.05) is 32.1 Å². The van der Waals surface area contributed by atoms with Crippen LogP contribution in [0.2, 0.25) is 0 Å². The first-order valence-electron chi connectivity index (χ1n) is 8.83. The fourth-order valence-electron chi connectivity index (χ4n) is 3.61. The average molecular weight is 382 g/mol. The Bertz CT molecular complexity index is 1030. The Hall–Kier alpha value is -3.19. The third-order valence-corrected chi connectivity index (χ3v) is 4.67. The smallest absolute Gasteiger partial charge is 0.281 e. The van der Waals surface area contributed by atoms with E-state index < -0.39 is 11.7 Å². The van der Waals surface area contributed by atoms with Gasteiger partial charge in [-0.25, -0.2) is 4.39 Å². The fourth-order valence-corrected chi connectivity index (χ4v) is 3.61. The molecule has 0 radical (unpaired) electrons. The van der Waals surface area contributed by atoms with Gasteiger partial charge >= 0.3 is 0 Å². The predicted octanol–water partition coefficient (Wildman–Crippen LogP) is 3.84. The molecule has 4 rings (SSSR count). The second kappa shape index (κ2) is 7.09. The molecule has 0 bridgehead atoms. The van der Waals surface area contributed by atoms with Crippen LogP contribution >= 0.6 is 0 Å². The molecule has 6 nitrogen and oxygen atoms in total. The molecule has 144 valence electrons. The molecule has 0 saturated carbocycles. The van der Waals surface area contributed by atoms with Crippen molar-refractivity contribution in [3.05, 3.63) is 64.0 Å². The van der Waals surface area contributed by atoms with E-state index in [9.17, 15) is 14.4 Å². The minimum atomic E-state index is -0.447. The predicted molar refractivity (Wildman–Crippen MR) is 102 cm³/mol. The number of benzene rings is 2. The highest BCUT2D eigenvalue weighted by atomic mass is 19.1. The number of halogens is 1. The number of amides is 1. The Balaban J connectivity index is 1.81. The summed E-state index contributed by atoms with van der Waals surface area (Å²) in [6.45, 7) is 4.30. The number of rotatable bonds is 3. The molecule has 0 aliphatic carbocycles. The number of carbonyl (C=O) groups is 1. The maximum Gasteiger partial charge on any atom is 0.281 e. The van der Waals surface area contributed by atoms with Gasteiger partial charge in [-0.2, -0.15) is 0 Å². The molecule has 2 aromatic carbocycles. The van der Waals surface area contributed by atoms with E-state index in [0.717, 1.165) is 11.1 Å². The summed E-state index contributed by atoms with van der Waals surface area (Å²) < 4.78 is 24.9. The highest BCUT2D eigenvalue weighted by Gasteiger charge is 2.37. The third kappa shape index (κ3) is 3.03. The lowest BCUT2D eigenvalue weighted by atomic mass is 10.0. The Morgan fingerprint density at radius 1 is 1.36 bits per heavy atom. The van der Waals surface area contributed by atoms with Gasteiger partial charge in [0.05, 0.1) is 18.8 Å². The molecule has 0 aromatic heterocycles. The quantitative estimate of drug-likeness (QED) is 0.647. The van der Waals surface area contributed by atoms with Gasteiger partial charge in [0.25, 0.3) is 5.91 Å². The van der Waals surface area contributed by atoms with Crippen LogP contribution in [0.15, 0.2) is 41.1 Å². The molecule has 2 heterocycles. The first kappa shape index (κ1) is 18.2. The molecular formula is C21H19FN2O4. The van der Waals surface area contributed by atoms with Gasteiger partial charge in [0.15, 0.2) is 12.5 Å². The molecule has 2 aromatic rings. The van der Waals surface area contributed by atoms with Crippen molar-refractivity contribution >= 4 is 23.4 Å². The van der Waals surface area contributed by atoms with Crippen molar-refractivity contribution in [2.24, 2.45) is 5.16 Å². The highest BCUT2D eigenvalue weighted by Crippen LogP contribution is 2.37. The summed E-state index contributed by atoms with van der Waals surface area (Å²) in [5.74, 6) is -0.349. The van der Waals surface area contributed by atoms with Gasteiger partial charge in [-0.05, 0) is 37.6 Å². The van der Waals surface area contributed by atoms with Crippen LogP contribution in [0.5, 0.6) is 5.75 Å². The number of anilines is 1. The molecule has 2 aliphatic rings. The van der Waals surface area contributed by atoms with Crippen LogP contribution in [-0.4, -0.2) is 23.6 Å². The maximum atomic E-state index is 14.1. The van der Waals surface area contributed by atoms with E-state index in [2.05, 4.69) is 5.16 Å². The van der Waals surface area contributed by atoms with E-state index in [1.54, 1.807) is 6.07 Å². The van der Waals surface area contributed by atoms with Crippen molar-refractivity contribution in [3.63, 3.8) is 0 Å². The summed E-state index contributed by atoms with van der Waals surface area (Å²) in [6, 6.07) is 8.19. The van der Waals surface area contributed by atoms with Crippen LogP contribution in [0.3, 0.4) is 0 Å². The van der Waals surface area contributed by atoms with E-state index in [4.69, 9.17) is 9.47 Å². The van der Waals surface area contributed by atoms with Crippen LogP contribution in [0.4, 0.5) is 10.1 Å². The number of nitrogens with zero attached hydrogens (tertiary/aromatic N) is 2. The Kier molecular flexibility index (Phi) is 4.60. The molecule has 7 heteroatoms. The highest BCUT2D eigenvalue weighted by molar-refractivity contribution is 6.54. The number of hydrogen-bond donors (Lipinski definition) is 1. The van der Waals surface area contributed by atoms with Crippen LogP contribution < -0.4 is 9.64 Å². The standard InChI is InChI=1S/C21H19FN2O4/c1-12(2)6-13-4-3-5-17-18(13)19(23-26)21(25)24(17)9-14-7-16(22)8-15-10-27-11-28-20(14)15/h3-8,26H,9-11H2,1-2H3/b23-19-. The van der Waals surface area contributed by atoms with Crippen LogP contribution in [-0.2, 0) is 22.7 Å². The fraction of sp³-hybridized carbons (Fsp3) is 0.238. The topological polar surface area (TPSA) is 71.4 Å². The number of carbonyl (C=O) groups excluding carboxylic acids is 1. The lowest BCUT2D eigenvalue weighted by molar-refractivity contribution is -0.112. The van der Waals surface area contributed by atoms with E-state index >= 15 is 0 Å². The molecular weight excluding hydrogens is 363 g/mol. The number of hydrogen-bond acceptors (Lipinski definition) is 5. The van der Waals surface area contributed by atoms with Crippen LogP contribution in [0, 0.1) is 5.82 Å². The van der Waals surface area contributed by atoms with Crippen molar-refractivity contribution in [1.82, 2.24) is 0 Å². The van der Waals surface area contributed by atoms with Gasteiger partial charge < -0.3 is 19.6 Å². The second-order valence-corrected chi connectivity index (χ2v) is 6.97. The summed E-state index contributed by atoms with van der Waals surface area (Å²) in [5.41, 5.74) is 4.10. The first-order chi connectivity index (χ1) is 13.5. The lowest BCUT2D eigenvalue weighted by Crippen LogP contribution is -2.30. The zero-order valence-electron chi connectivity index (χ0n) is 15.5. The summed E-state index contributed by atoms with van der Waals surface area (Å²) >= 11 is 0. The maximum absolute atomic E-state index is 14.1. The van der Waals surface area contributed by atoms with Gasteiger partial charge in [-0.3, -0.25) is 4.79 Å². The van der Waals surface area contributed by atoms with E-state index in [-0.39, 0.29) is 25.7 Å². The average Bonchev–Trinajstić information content (AvgIpc) is 2.93. The first-order valence-corrected chi connectivity index (χ1v) is 8.83. The summed E-state index contributed by atoms with van der Waals surface area (Å²) in [6.07, 6.45) is 1.92. The zero-order chi connectivity index (χ0) is 19.8. The van der Waals surface area contributed by atoms with Gasteiger partial charge in [-0.15, -0.1) is 0 Å². The zero-order valence-corrected chi connectivity index (χ0v) is 15.5. The Labute approximate surface area is 161 Å². The van der Waals surface area contributed by atoms with Gasteiger partial charge in [0.1, 0.15) is 11.6 Å². The molecule has 1 N–H and O–H groups in total. The largest absolute Gasteiger partial charge is 0.467 e. The monoisotopic (exact) mass is 382 g/mol. The second-order valence-electron chi connectivity index (χ2n) is 6.97. The van der Waals surface area contributed by atoms with Crippen LogP contribution in [0.1, 0.15) is 36.1 Å². The minimum absolute atomic E-state index is 0.0300. The molecule has 28 heavy (non-hydrogen) atoms.